The first-order valence-electron chi connectivity index (χ1n) is 8.74. The van der Waals surface area contributed by atoms with Crippen LogP contribution in [0.1, 0.15) is 24.8 Å². The highest BCUT2D eigenvalue weighted by molar-refractivity contribution is 7.14. The molecule has 0 radical (unpaired) electrons. The fourth-order valence-electron chi connectivity index (χ4n) is 3.48. The molecule has 1 fully saturated rings. The van der Waals surface area contributed by atoms with Crippen molar-refractivity contribution in [3.05, 3.63) is 52.9 Å². The molecule has 1 aliphatic rings. The maximum absolute atomic E-state index is 10.6. The fraction of sp³-hybridized carbons (Fsp3) is 0.368. The summed E-state index contributed by atoms with van der Waals surface area (Å²) >= 11 is 7.93. The minimum atomic E-state index is -0.507. The molecule has 2 aromatic heterocycles. The Morgan fingerprint density at radius 1 is 1.27 bits per heavy atom. The molecule has 0 aliphatic carbocycles. The lowest BCUT2D eigenvalue weighted by Gasteiger charge is -2.33. The predicted octanol–water partition coefficient (Wildman–Crippen LogP) is 4.15. The molecule has 1 aliphatic heterocycles. The Labute approximate surface area is 161 Å². The molecule has 3 aromatic rings. The molecule has 1 aromatic carbocycles. The van der Waals surface area contributed by atoms with Crippen LogP contribution in [-0.4, -0.2) is 32.7 Å². The lowest BCUT2D eigenvalue weighted by molar-refractivity contribution is 0.0825. The zero-order chi connectivity index (χ0) is 18.1. The number of rotatable bonds is 4. The van der Waals surface area contributed by atoms with Gasteiger partial charge in [0.25, 0.3) is 0 Å². The number of halogens is 1. The molecule has 0 saturated carbocycles. The first-order chi connectivity index (χ1) is 12.6. The minimum absolute atomic E-state index is 0.232. The molecule has 1 N–H and O–H groups in total. The van der Waals surface area contributed by atoms with Crippen molar-refractivity contribution in [1.29, 1.82) is 0 Å². The number of imidazole rings is 1. The van der Waals surface area contributed by atoms with Crippen molar-refractivity contribution in [2.24, 2.45) is 13.0 Å². The first-order valence-corrected chi connectivity index (χ1v) is 10.00. The van der Waals surface area contributed by atoms with Gasteiger partial charge in [-0.1, -0.05) is 29.8 Å². The number of aliphatic hydroxyl groups is 1. The normalized spacial score (nSPS) is 16.8. The van der Waals surface area contributed by atoms with E-state index >= 15 is 0 Å². The van der Waals surface area contributed by atoms with Crippen LogP contribution in [0.4, 0.5) is 5.13 Å². The van der Waals surface area contributed by atoms with Crippen LogP contribution in [0.2, 0.25) is 5.02 Å². The van der Waals surface area contributed by atoms with Crippen molar-refractivity contribution in [2.75, 3.05) is 18.0 Å². The van der Waals surface area contributed by atoms with Gasteiger partial charge in [-0.15, -0.1) is 11.3 Å². The number of aryl methyl sites for hydroxylation is 1. The Hall–Kier alpha value is -1.89. The van der Waals surface area contributed by atoms with Crippen molar-refractivity contribution in [2.45, 2.75) is 18.9 Å². The number of benzene rings is 1. The van der Waals surface area contributed by atoms with Gasteiger partial charge in [-0.3, -0.25) is 0 Å². The number of piperidine rings is 1. The summed E-state index contributed by atoms with van der Waals surface area (Å²) in [6.45, 7) is 1.78. The van der Waals surface area contributed by atoms with E-state index in [0.717, 1.165) is 53.2 Å². The summed E-state index contributed by atoms with van der Waals surface area (Å²) < 4.78 is 1.90. The van der Waals surface area contributed by atoms with Gasteiger partial charge in [-0.25, -0.2) is 9.97 Å². The molecule has 136 valence electrons. The van der Waals surface area contributed by atoms with Crippen molar-refractivity contribution in [3.63, 3.8) is 0 Å². The zero-order valence-corrected chi connectivity index (χ0v) is 16.1. The van der Waals surface area contributed by atoms with E-state index in [1.165, 1.54) is 0 Å². The summed E-state index contributed by atoms with van der Waals surface area (Å²) in [6.07, 6.45) is 4.95. The number of hydrogen-bond acceptors (Lipinski definition) is 5. The Kier molecular flexibility index (Phi) is 4.98. The molecule has 4 rings (SSSR count). The summed E-state index contributed by atoms with van der Waals surface area (Å²) in [5.74, 6) is 0.981. The van der Waals surface area contributed by atoms with Crippen LogP contribution in [0.25, 0.3) is 11.3 Å². The third kappa shape index (κ3) is 3.37. The number of nitrogens with zero attached hydrogens (tertiary/aromatic N) is 4. The Bertz CT molecular complexity index is 885. The second kappa shape index (κ2) is 7.39. The van der Waals surface area contributed by atoms with E-state index in [-0.39, 0.29) is 5.92 Å². The quantitative estimate of drug-likeness (QED) is 0.729. The molecule has 3 heterocycles. The van der Waals surface area contributed by atoms with Gasteiger partial charge in [0.2, 0.25) is 0 Å². The van der Waals surface area contributed by atoms with Gasteiger partial charge in [0.1, 0.15) is 11.9 Å². The van der Waals surface area contributed by atoms with Crippen LogP contribution in [-0.2, 0) is 7.05 Å². The molecule has 1 saturated heterocycles. The van der Waals surface area contributed by atoms with Crippen LogP contribution in [0.3, 0.4) is 0 Å². The summed E-state index contributed by atoms with van der Waals surface area (Å²) in [7, 11) is 1.92. The topological polar surface area (TPSA) is 54.2 Å². The van der Waals surface area contributed by atoms with E-state index in [9.17, 15) is 5.11 Å². The van der Waals surface area contributed by atoms with Crippen LogP contribution in [0.5, 0.6) is 0 Å². The molecule has 0 bridgehead atoms. The average molecular weight is 389 g/mol. The van der Waals surface area contributed by atoms with E-state index < -0.39 is 6.10 Å². The summed E-state index contributed by atoms with van der Waals surface area (Å²) in [6, 6.07) is 7.79. The van der Waals surface area contributed by atoms with Crippen LogP contribution in [0.15, 0.2) is 42.0 Å². The van der Waals surface area contributed by atoms with Crippen LogP contribution < -0.4 is 4.90 Å². The lowest BCUT2D eigenvalue weighted by atomic mass is 9.91. The van der Waals surface area contributed by atoms with Gasteiger partial charge >= 0.3 is 0 Å². The molecule has 1 atom stereocenters. The van der Waals surface area contributed by atoms with Gasteiger partial charge in [-0.05, 0) is 24.8 Å². The third-order valence-corrected chi connectivity index (χ3v) is 6.25. The van der Waals surface area contributed by atoms with Gasteiger partial charge < -0.3 is 14.6 Å². The summed E-state index contributed by atoms with van der Waals surface area (Å²) in [4.78, 5) is 11.4. The predicted molar refractivity (Wildman–Crippen MR) is 106 cm³/mol. The van der Waals surface area contributed by atoms with E-state index in [0.29, 0.717) is 0 Å². The zero-order valence-electron chi connectivity index (χ0n) is 14.5. The third-order valence-electron chi connectivity index (χ3n) is 5.02. The highest BCUT2D eigenvalue weighted by Gasteiger charge is 2.29. The number of anilines is 1. The lowest BCUT2D eigenvalue weighted by Crippen LogP contribution is -2.36. The number of aliphatic hydroxyl groups excluding tert-OH is 1. The van der Waals surface area contributed by atoms with Gasteiger partial charge in [-0.2, -0.15) is 0 Å². The molecule has 7 heteroatoms. The highest BCUT2D eigenvalue weighted by Crippen LogP contribution is 2.35. The van der Waals surface area contributed by atoms with Crippen molar-refractivity contribution in [3.8, 4) is 11.3 Å². The van der Waals surface area contributed by atoms with Gasteiger partial charge in [0.15, 0.2) is 5.13 Å². The summed E-state index contributed by atoms with van der Waals surface area (Å²) in [5.41, 5.74) is 1.89. The summed E-state index contributed by atoms with van der Waals surface area (Å²) in [5, 5.41) is 14.4. The van der Waals surface area contributed by atoms with Gasteiger partial charge in [0.05, 0.1) is 5.69 Å². The Morgan fingerprint density at radius 3 is 2.73 bits per heavy atom. The Balaban J connectivity index is 1.43. The van der Waals surface area contributed by atoms with Gasteiger partial charge in [0, 0.05) is 48.5 Å². The van der Waals surface area contributed by atoms with Crippen LogP contribution >= 0.6 is 22.9 Å². The maximum Gasteiger partial charge on any atom is 0.185 e. The Morgan fingerprint density at radius 2 is 2.04 bits per heavy atom. The first kappa shape index (κ1) is 17.5. The molecular formula is C19H21ClN4OS. The average Bonchev–Trinajstić information content (AvgIpc) is 3.31. The smallest absolute Gasteiger partial charge is 0.185 e. The second-order valence-corrected chi connectivity index (χ2v) is 7.90. The molecular weight excluding hydrogens is 368 g/mol. The van der Waals surface area contributed by atoms with Crippen molar-refractivity contribution >= 4 is 28.1 Å². The second-order valence-electron chi connectivity index (χ2n) is 6.66. The molecule has 0 spiro atoms. The van der Waals surface area contributed by atoms with Crippen LogP contribution in [0, 0.1) is 5.92 Å². The number of hydrogen-bond donors (Lipinski definition) is 1. The fourth-order valence-corrected chi connectivity index (χ4v) is 4.59. The van der Waals surface area contributed by atoms with Crippen molar-refractivity contribution in [1.82, 2.24) is 14.5 Å². The van der Waals surface area contributed by atoms with Crippen molar-refractivity contribution < 1.29 is 5.11 Å². The SMILES string of the molecule is Cn1ccnc1C(O)C1CCN(c2nc(-c3ccccc3Cl)cs2)CC1. The van der Waals surface area contributed by atoms with E-state index in [2.05, 4.69) is 15.3 Å². The van der Waals surface area contributed by atoms with E-state index in [1.807, 2.05) is 42.1 Å². The standard InChI is InChI=1S/C19H21ClN4OS/c1-23-11-8-21-18(23)17(25)13-6-9-24(10-7-13)19-22-16(12-26-19)14-4-2-3-5-15(14)20/h2-5,8,11-13,17,25H,6-7,9-10H2,1H3. The number of thiazole rings is 1. The maximum atomic E-state index is 10.6. The minimum Gasteiger partial charge on any atom is -0.385 e. The largest absolute Gasteiger partial charge is 0.385 e. The molecule has 0 amide bonds. The monoisotopic (exact) mass is 388 g/mol. The number of aromatic nitrogens is 3. The van der Waals surface area contributed by atoms with E-state index in [4.69, 9.17) is 16.6 Å². The van der Waals surface area contributed by atoms with E-state index in [1.54, 1.807) is 17.5 Å². The highest BCUT2D eigenvalue weighted by atomic mass is 35.5. The molecule has 1 unspecified atom stereocenters. The molecule has 5 nitrogen and oxygen atoms in total. The molecule has 26 heavy (non-hydrogen) atoms.